The molecule has 2 N–H and O–H groups in total. The van der Waals surface area contributed by atoms with Gasteiger partial charge in [0.2, 0.25) is 0 Å². The normalized spacial score (nSPS) is 15.3. The molecule has 80 valence electrons. The number of amides is 1. The fourth-order valence-corrected chi connectivity index (χ4v) is 1.98. The van der Waals surface area contributed by atoms with Gasteiger partial charge in [-0.25, -0.2) is 0 Å². The Morgan fingerprint density at radius 1 is 1.47 bits per heavy atom. The third-order valence-corrected chi connectivity index (χ3v) is 3.00. The molecule has 15 heavy (non-hydrogen) atoms. The van der Waals surface area contributed by atoms with Crippen molar-refractivity contribution < 1.29 is 15.0 Å². The van der Waals surface area contributed by atoms with E-state index in [1.807, 2.05) is 0 Å². The van der Waals surface area contributed by atoms with E-state index in [4.69, 9.17) is 11.6 Å². The van der Waals surface area contributed by atoms with Crippen molar-refractivity contribution >= 4 is 17.5 Å². The summed E-state index contributed by atoms with van der Waals surface area (Å²) in [7, 11) is 1.68. The number of fused-ring (bicyclic) bond motifs is 1. The molecular formula is C10H10ClNO3. The summed E-state index contributed by atoms with van der Waals surface area (Å²) in [5.74, 6) is -0.899. The number of hydrogen-bond donors (Lipinski definition) is 2. The lowest BCUT2D eigenvalue weighted by Gasteiger charge is -2.25. The minimum atomic E-state index is -0.359. The van der Waals surface area contributed by atoms with Crippen molar-refractivity contribution in [3.63, 3.8) is 0 Å². The predicted molar refractivity (Wildman–Crippen MR) is 55.4 cm³/mol. The van der Waals surface area contributed by atoms with E-state index < -0.39 is 0 Å². The van der Waals surface area contributed by atoms with Gasteiger partial charge >= 0.3 is 0 Å². The van der Waals surface area contributed by atoms with Crippen molar-refractivity contribution in [1.29, 1.82) is 0 Å². The van der Waals surface area contributed by atoms with E-state index in [0.29, 0.717) is 24.1 Å². The van der Waals surface area contributed by atoms with Crippen molar-refractivity contribution in [3.8, 4) is 11.5 Å². The number of hydrogen-bond acceptors (Lipinski definition) is 3. The molecule has 0 fully saturated rings. The lowest BCUT2D eigenvalue weighted by Crippen LogP contribution is -2.34. The molecule has 1 aliphatic rings. The predicted octanol–water partition coefficient (Wildman–Crippen LogP) is 1.38. The van der Waals surface area contributed by atoms with Gasteiger partial charge in [0.25, 0.3) is 5.91 Å². The zero-order valence-corrected chi connectivity index (χ0v) is 8.88. The summed E-state index contributed by atoms with van der Waals surface area (Å²) in [6.45, 7) is 0.565. The number of likely N-dealkylation sites (N-methyl/N-ethyl adjacent to an activating group) is 1. The summed E-state index contributed by atoms with van der Waals surface area (Å²) in [4.78, 5) is 13.3. The summed E-state index contributed by atoms with van der Waals surface area (Å²) < 4.78 is 0. The van der Waals surface area contributed by atoms with Crippen LogP contribution in [0.2, 0.25) is 5.02 Å². The van der Waals surface area contributed by atoms with Gasteiger partial charge in [-0.2, -0.15) is 0 Å². The van der Waals surface area contributed by atoms with Gasteiger partial charge in [0.05, 0.1) is 5.02 Å². The molecule has 0 atom stereocenters. The smallest absolute Gasteiger partial charge is 0.254 e. The van der Waals surface area contributed by atoms with Gasteiger partial charge in [0, 0.05) is 19.2 Å². The Labute approximate surface area is 91.7 Å². The maximum atomic E-state index is 11.7. The monoisotopic (exact) mass is 227 g/mol. The number of phenols is 2. The summed E-state index contributed by atoms with van der Waals surface area (Å²) in [5.41, 5.74) is 0.971. The number of benzene rings is 1. The quantitative estimate of drug-likeness (QED) is 0.659. The number of carbonyl (C=O) groups excluding carboxylic acids is 1. The Balaban J connectivity index is 2.66. The zero-order valence-electron chi connectivity index (χ0n) is 8.12. The van der Waals surface area contributed by atoms with Crippen LogP contribution in [0.4, 0.5) is 0 Å². The van der Waals surface area contributed by atoms with E-state index >= 15 is 0 Å². The molecule has 1 aliphatic heterocycles. The van der Waals surface area contributed by atoms with E-state index in [-0.39, 0.29) is 22.4 Å². The first kappa shape index (κ1) is 10.1. The van der Waals surface area contributed by atoms with Crippen LogP contribution in [-0.4, -0.2) is 34.6 Å². The van der Waals surface area contributed by atoms with E-state index in [0.717, 1.165) is 0 Å². The topological polar surface area (TPSA) is 60.8 Å². The highest BCUT2D eigenvalue weighted by atomic mass is 35.5. The highest BCUT2D eigenvalue weighted by Crippen LogP contribution is 2.39. The first-order chi connectivity index (χ1) is 7.02. The molecule has 0 radical (unpaired) electrons. The molecule has 5 heteroatoms. The van der Waals surface area contributed by atoms with E-state index in [9.17, 15) is 15.0 Å². The summed E-state index contributed by atoms with van der Waals surface area (Å²) in [6.07, 6.45) is 0.588. The Morgan fingerprint density at radius 3 is 2.80 bits per heavy atom. The van der Waals surface area contributed by atoms with Gasteiger partial charge in [0.15, 0.2) is 11.5 Å². The molecule has 1 aromatic carbocycles. The number of phenolic OH excluding ortho intramolecular Hbond substituents is 2. The molecule has 2 rings (SSSR count). The number of nitrogens with zero attached hydrogens (tertiary/aromatic N) is 1. The highest BCUT2D eigenvalue weighted by molar-refractivity contribution is 6.33. The molecule has 1 heterocycles. The summed E-state index contributed by atoms with van der Waals surface area (Å²) >= 11 is 5.85. The Kier molecular flexibility index (Phi) is 2.23. The standard InChI is InChI=1S/C10H10ClNO3/c1-12-3-2-5-6(10(12)15)4-7(13)9(14)8(5)11/h4,13-14H,2-3H2,1H3. The average Bonchev–Trinajstić information content (AvgIpc) is 2.21. The SMILES string of the molecule is CN1CCc2c(cc(O)c(O)c2Cl)C1=O. The van der Waals surface area contributed by atoms with Crippen molar-refractivity contribution in [2.45, 2.75) is 6.42 Å². The lowest BCUT2D eigenvalue weighted by molar-refractivity contribution is 0.0780. The van der Waals surface area contributed by atoms with Crippen LogP contribution in [-0.2, 0) is 6.42 Å². The second kappa shape index (κ2) is 3.31. The Morgan fingerprint density at radius 2 is 2.13 bits per heavy atom. The van der Waals surface area contributed by atoms with Gasteiger partial charge in [-0.1, -0.05) is 11.6 Å². The molecule has 0 bridgehead atoms. The molecule has 0 spiro atoms. The van der Waals surface area contributed by atoms with Crippen LogP contribution in [0.1, 0.15) is 15.9 Å². The molecule has 0 aliphatic carbocycles. The molecule has 1 amide bonds. The van der Waals surface area contributed by atoms with E-state index in [1.165, 1.54) is 6.07 Å². The van der Waals surface area contributed by atoms with Crippen LogP contribution >= 0.6 is 11.6 Å². The van der Waals surface area contributed by atoms with Crippen molar-refractivity contribution in [2.24, 2.45) is 0 Å². The van der Waals surface area contributed by atoms with Gasteiger partial charge in [-0.05, 0) is 18.1 Å². The summed E-state index contributed by atoms with van der Waals surface area (Å²) in [5, 5.41) is 18.8. The van der Waals surface area contributed by atoms with Crippen LogP contribution in [0.3, 0.4) is 0 Å². The minimum Gasteiger partial charge on any atom is -0.504 e. The number of aromatic hydroxyl groups is 2. The van der Waals surface area contributed by atoms with Crippen LogP contribution in [0, 0.1) is 0 Å². The molecule has 0 saturated carbocycles. The number of halogens is 1. The lowest BCUT2D eigenvalue weighted by atomic mass is 9.98. The van der Waals surface area contributed by atoms with Crippen LogP contribution in [0.5, 0.6) is 11.5 Å². The van der Waals surface area contributed by atoms with E-state index in [2.05, 4.69) is 0 Å². The van der Waals surface area contributed by atoms with Crippen molar-refractivity contribution in [1.82, 2.24) is 4.90 Å². The molecule has 1 aromatic rings. The van der Waals surface area contributed by atoms with Crippen LogP contribution < -0.4 is 0 Å². The molecule has 4 nitrogen and oxygen atoms in total. The maximum absolute atomic E-state index is 11.7. The average molecular weight is 228 g/mol. The largest absolute Gasteiger partial charge is 0.504 e. The zero-order chi connectivity index (χ0) is 11.2. The molecule has 0 aromatic heterocycles. The van der Waals surface area contributed by atoms with Gasteiger partial charge in [-0.15, -0.1) is 0 Å². The third kappa shape index (κ3) is 1.41. The Hall–Kier alpha value is -1.42. The van der Waals surface area contributed by atoms with Gasteiger partial charge < -0.3 is 15.1 Å². The second-order valence-corrected chi connectivity index (χ2v) is 3.94. The second-order valence-electron chi connectivity index (χ2n) is 3.56. The Bertz CT molecular complexity index is 445. The van der Waals surface area contributed by atoms with Crippen molar-refractivity contribution in [2.75, 3.05) is 13.6 Å². The maximum Gasteiger partial charge on any atom is 0.254 e. The number of carbonyl (C=O) groups is 1. The number of rotatable bonds is 0. The third-order valence-electron chi connectivity index (χ3n) is 2.60. The summed E-state index contributed by atoms with van der Waals surface area (Å²) in [6, 6.07) is 1.26. The molecule has 0 saturated heterocycles. The van der Waals surface area contributed by atoms with Gasteiger partial charge in [-0.3, -0.25) is 4.79 Å². The minimum absolute atomic E-state index is 0.0754. The first-order valence-corrected chi connectivity index (χ1v) is 4.89. The van der Waals surface area contributed by atoms with E-state index in [1.54, 1.807) is 11.9 Å². The molecular weight excluding hydrogens is 218 g/mol. The van der Waals surface area contributed by atoms with Crippen molar-refractivity contribution in [3.05, 3.63) is 22.2 Å². The van der Waals surface area contributed by atoms with Crippen LogP contribution in [0.15, 0.2) is 6.07 Å². The first-order valence-electron chi connectivity index (χ1n) is 4.51. The fourth-order valence-electron chi connectivity index (χ4n) is 1.69. The molecule has 0 unspecified atom stereocenters. The fraction of sp³-hybridized carbons (Fsp3) is 0.300. The highest BCUT2D eigenvalue weighted by Gasteiger charge is 2.26. The van der Waals surface area contributed by atoms with Crippen LogP contribution in [0.25, 0.3) is 0 Å². The van der Waals surface area contributed by atoms with Gasteiger partial charge in [0.1, 0.15) is 0 Å².